The zero-order valence-corrected chi connectivity index (χ0v) is 9.84. The number of rotatable bonds is 1. The van der Waals surface area contributed by atoms with Gasteiger partial charge in [-0.25, -0.2) is 0 Å². The summed E-state index contributed by atoms with van der Waals surface area (Å²) in [5.74, 6) is 0.623. The zero-order chi connectivity index (χ0) is 10.8. The van der Waals surface area contributed by atoms with Gasteiger partial charge in [0.2, 0.25) is 0 Å². The molecule has 1 saturated carbocycles. The molecule has 0 aromatic heterocycles. The van der Waals surface area contributed by atoms with Crippen LogP contribution in [0.5, 0.6) is 0 Å². The molecule has 0 amide bonds. The molecule has 0 saturated heterocycles. The van der Waals surface area contributed by atoms with E-state index in [-0.39, 0.29) is 0 Å². The lowest BCUT2D eigenvalue weighted by molar-refractivity contribution is 0.542. The Kier molecular flexibility index (Phi) is 2.95. The van der Waals surface area contributed by atoms with Gasteiger partial charge >= 0.3 is 0 Å². The van der Waals surface area contributed by atoms with E-state index in [9.17, 15) is 0 Å². The van der Waals surface area contributed by atoms with E-state index in [1.165, 1.54) is 47.9 Å². The molecule has 1 aliphatic rings. The smallest absolute Gasteiger partial charge is 0.00455 e. The lowest BCUT2D eigenvalue weighted by Gasteiger charge is -2.25. The highest BCUT2D eigenvalue weighted by Gasteiger charge is 2.18. The second-order valence-electron chi connectivity index (χ2n) is 4.80. The molecule has 0 N–H and O–H groups in total. The van der Waals surface area contributed by atoms with Crippen molar-refractivity contribution in [3.05, 3.63) is 47.0 Å². The molecule has 0 nitrogen and oxygen atoms in total. The molecule has 15 heavy (non-hydrogen) atoms. The average molecular weight is 200 g/mol. The van der Waals surface area contributed by atoms with E-state index in [0.29, 0.717) is 5.92 Å². The average Bonchev–Trinajstić information content (AvgIpc) is 2.23. The van der Waals surface area contributed by atoms with Gasteiger partial charge in [-0.3, -0.25) is 0 Å². The molecule has 80 valence electrons. The first-order chi connectivity index (χ1) is 7.18. The third-order valence-corrected chi connectivity index (χ3v) is 3.67. The predicted molar refractivity (Wildman–Crippen MR) is 66.3 cm³/mol. The van der Waals surface area contributed by atoms with Crippen molar-refractivity contribution < 1.29 is 0 Å². The fraction of sp³-hybridized carbons (Fsp3) is 0.467. The molecule has 1 aromatic rings. The highest BCUT2D eigenvalue weighted by Crippen LogP contribution is 2.36. The van der Waals surface area contributed by atoms with Crippen molar-refractivity contribution in [3.8, 4) is 0 Å². The van der Waals surface area contributed by atoms with Crippen molar-refractivity contribution in [1.82, 2.24) is 0 Å². The molecule has 0 bridgehead atoms. The van der Waals surface area contributed by atoms with Crippen LogP contribution in [0.15, 0.2) is 30.4 Å². The minimum Gasteiger partial charge on any atom is -0.0992 e. The van der Waals surface area contributed by atoms with Crippen molar-refractivity contribution in [2.24, 2.45) is 0 Å². The number of allylic oxidation sites excluding steroid dienone is 1. The van der Waals surface area contributed by atoms with Gasteiger partial charge in [0.05, 0.1) is 0 Å². The summed E-state index contributed by atoms with van der Waals surface area (Å²) >= 11 is 0. The Morgan fingerprint density at radius 1 is 1.13 bits per heavy atom. The maximum atomic E-state index is 4.22. The lowest BCUT2D eigenvalue weighted by Crippen LogP contribution is -2.07. The summed E-state index contributed by atoms with van der Waals surface area (Å²) in [5.41, 5.74) is 5.71. The van der Waals surface area contributed by atoms with Crippen LogP contribution in [-0.2, 0) is 0 Å². The molecule has 0 heteroatoms. The normalized spacial score (nSPS) is 21.7. The summed E-state index contributed by atoms with van der Waals surface area (Å²) in [5, 5.41) is 0. The topological polar surface area (TPSA) is 0 Å². The maximum absolute atomic E-state index is 4.22. The highest BCUT2D eigenvalue weighted by molar-refractivity contribution is 5.35. The maximum Gasteiger partial charge on any atom is 0.00455 e. The molecule has 0 spiro atoms. The summed E-state index contributed by atoms with van der Waals surface area (Å²) in [6.07, 6.45) is 5.20. The SMILES string of the molecule is C=C1CCCCC1c1ccc(C)c(C)c1. The quantitative estimate of drug-likeness (QED) is 0.585. The molecule has 1 unspecified atom stereocenters. The second-order valence-corrected chi connectivity index (χ2v) is 4.80. The first-order valence-corrected chi connectivity index (χ1v) is 5.93. The fourth-order valence-electron chi connectivity index (χ4n) is 2.46. The van der Waals surface area contributed by atoms with Crippen LogP contribution in [0.3, 0.4) is 0 Å². The Morgan fingerprint density at radius 2 is 1.93 bits per heavy atom. The van der Waals surface area contributed by atoms with Crippen molar-refractivity contribution in [2.45, 2.75) is 45.4 Å². The van der Waals surface area contributed by atoms with Crippen LogP contribution in [0, 0.1) is 13.8 Å². The van der Waals surface area contributed by atoms with E-state index < -0.39 is 0 Å². The Labute approximate surface area is 93.0 Å². The molecule has 2 rings (SSSR count). The van der Waals surface area contributed by atoms with Gasteiger partial charge in [-0.2, -0.15) is 0 Å². The number of hydrogen-bond donors (Lipinski definition) is 0. The number of aryl methyl sites for hydroxylation is 2. The summed E-state index contributed by atoms with van der Waals surface area (Å²) in [7, 11) is 0. The van der Waals surface area contributed by atoms with Crippen LogP contribution in [-0.4, -0.2) is 0 Å². The van der Waals surface area contributed by atoms with Crippen LogP contribution < -0.4 is 0 Å². The molecular formula is C15H20. The number of hydrogen-bond acceptors (Lipinski definition) is 0. The Bertz CT molecular complexity index is 374. The van der Waals surface area contributed by atoms with E-state index in [1.54, 1.807) is 0 Å². The van der Waals surface area contributed by atoms with Crippen LogP contribution in [0.4, 0.5) is 0 Å². The standard InChI is InChI=1S/C15H20/c1-11-8-9-14(10-13(11)3)15-7-5-4-6-12(15)2/h8-10,15H,2,4-7H2,1,3H3. The molecule has 0 aliphatic heterocycles. The molecule has 1 atom stereocenters. The molecule has 1 aromatic carbocycles. The summed E-state index contributed by atoms with van der Waals surface area (Å²) < 4.78 is 0. The minimum atomic E-state index is 0.623. The lowest BCUT2D eigenvalue weighted by atomic mass is 9.80. The number of benzene rings is 1. The minimum absolute atomic E-state index is 0.623. The fourth-order valence-corrected chi connectivity index (χ4v) is 2.46. The Morgan fingerprint density at radius 3 is 2.60 bits per heavy atom. The summed E-state index contributed by atoms with van der Waals surface area (Å²) in [4.78, 5) is 0. The first kappa shape index (κ1) is 10.5. The van der Waals surface area contributed by atoms with Gasteiger partial charge in [-0.15, -0.1) is 0 Å². The van der Waals surface area contributed by atoms with Crippen LogP contribution in [0.25, 0.3) is 0 Å². The Hall–Kier alpha value is -1.04. The monoisotopic (exact) mass is 200 g/mol. The molecule has 0 heterocycles. The molecule has 1 aliphatic carbocycles. The van der Waals surface area contributed by atoms with Crippen molar-refractivity contribution in [1.29, 1.82) is 0 Å². The van der Waals surface area contributed by atoms with Gasteiger partial charge in [0.15, 0.2) is 0 Å². The van der Waals surface area contributed by atoms with E-state index >= 15 is 0 Å². The van der Waals surface area contributed by atoms with E-state index in [0.717, 1.165) is 0 Å². The van der Waals surface area contributed by atoms with Gasteiger partial charge in [0.1, 0.15) is 0 Å². The van der Waals surface area contributed by atoms with Crippen LogP contribution in [0.1, 0.15) is 48.3 Å². The Balaban J connectivity index is 2.28. The van der Waals surface area contributed by atoms with Gasteiger partial charge in [-0.05, 0) is 49.8 Å². The van der Waals surface area contributed by atoms with Crippen molar-refractivity contribution in [3.63, 3.8) is 0 Å². The van der Waals surface area contributed by atoms with Gasteiger partial charge in [-0.1, -0.05) is 36.8 Å². The van der Waals surface area contributed by atoms with Crippen molar-refractivity contribution >= 4 is 0 Å². The van der Waals surface area contributed by atoms with E-state index in [4.69, 9.17) is 0 Å². The largest absolute Gasteiger partial charge is 0.0992 e. The second kappa shape index (κ2) is 4.22. The molecule has 0 radical (unpaired) electrons. The van der Waals surface area contributed by atoms with E-state index in [2.05, 4.69) is 38.6 Å². The van der Waals surface area contributed by atoms with E-state index in [1.807, 2.05) is 0 Å². The molecule has 1 fully saturated rings. The first-order valence-electron chi connectivity index (χ1n) is 5.93. The predicted octanol–water partition coefficient (Wildman–Crippen LogP) is 4.52. The third kappa shape index (κ3) is 2.14. The third-order valence-electron chi connectivity index (χ3n) is 3.67. The van der Waals surface area contributed by atoms with Gasteiger partial charge in [0, 0.05) is 5.92 Å². The van der Waals surface area contributed by atoms with Crippen LogP contribution in [0.2, 0.25) is 0 Å². The zero-order valence-electron chi connectivity index (χ0n) is 9.84. The molecular weight excluding hydrogens is 180 g/mol. The van der Waals surface area contributed by atoms with Gasteiger partial charge in [0.25, 0.3) is 0 Å². The van der Waals surface area contributed by atoms with Crippen LogP contribution >= 0.6 is 0 Å². The highest BCUT2D eigenvalue weighted by atomic mass is 14.2. The summed E-state index contributed by atoms with van der Waals surface area (Å²) in [6, 6.07) is 6.87. The summed E-state index contributed by atoms with van der Waals surface area (Å²) in [6.45, 7) is 8.60. The van der Waals surface area contributed by atoms with Crippen molar-refractivity contribution in [2.75, 3.05) is 0 Å². The van der Waals surface area contributed by atoms with Gasteiger partial charge < -0.3 is 0 Å².